The second-order valence-corrected chi connectivity index (χ2v) is 3.67. The lowest BCUT2D eigenvalue weighted by atomic mass is 10.5. The van der Waals surface area contributed by atoms with E-state index in [1.807, 2.05) is 0 Å². The van der Waals surface area contributed by atoms with Gasteiger partial charge in [0, 0.05) is 10.7 Å². The summed E-state index contributed by atoms with van der Waals surface area (Å²) in [6.45, 7) is 0. The van der Waals surface area contributed by atoms with Gasteiger partial charge in [0.1, 0.15) is 6.10 Å². The van der Waals surface area contributed by atoms with Crippen molar-refractivity contribution in [2.45, 2.75) is 18.9 Å². The van der Waals surface area contributed by atoms with Crippen molar-refractivity contribution in [2.75, 3.05) is 0 Å². The van der Waals surface area contributed by atoms with Crippen LogP contribution in [0.1, 0.15) is 12.8 Å². The summed E-state index contributed by atoms with van der Waals surface area (Å²) in [7, 11) is 0. The largest absolute Gasteiger partial charge is 0.472 e. The van der Waals surface area contributed by atoms with Gasteiger partial charge in [-0.05, 0) is 34.8 Å². The Balaban J connectivity index is 2.18. The molecular weight excluding hydrogens is 225 g/mol. The first-order valence-electron chi connectivity index (χ1n) is 3.73. The molecule has 0 radical (unpaired) electrons. The van der Waals surface area contributed by atoms with Crippen LogP contribution in [0.5, 0.6) is 5.88 Å². The van der Waals surface area contributed by atoms with Gasteiger partial charge in [0.25, 0.3) is 5.88 Å². The molecule has 0 atom stereocenters. The minimum Gasteiger partial charge on any atom is -0.472 e. The Morgan fingerprint density at radius 3 is 2.92 bits per heavy atom. The van der Waals surface area contributed by atoms with Crippen molar-refractivity contribution in [3.8, 4) is 5.88 Å². The first-order valence-corrected chi connectivity index (χ1v) is 4.53. The van der Waals surface area contributed by atoms with E-state index >= 15 is 0 Å². The van der Waals surface area contributed by atoms with Crippen LogP contribution in [-0.4, -0.2) is 11.1 Å². The van der Waals surface area contributed by atoms with Crippen LogP contribution >= 0.6 is 15.9 Å². The molecule has 0 spiro atoms. The second kappa shape index (κ2) is 3.01. The third kappa shape index (κ3) is 1.75. The summed E-state index contributed by atoms with van der Waals surface area (Å²) in [5, 5.41) is 0. The van der Waals surface area contributed by atoms with Gasteiger partial charge in [0.15, 0.2) is 5.82 Å². The molecule has 1 aliphatic rings. The molecule has 2 nitrogen and oxygen atoms in total. The summed E-state index contributed by atoms with van der Waals surface area (Å²) >= 11 is 3.12. The van der Waals surface area contributed by atoms with Crippen molar-refractivity contribution >= 4 is 15.9 Å². The lowest BCUT2D eigenvalue weighted by Crippen LogP contribution is -2.00. The monoisotopic (exact) mass is 231 g/mol. The van der Waals surface area contributed by atoms with E-state index < -0.39 is 5.82 Å². The Morgan fingerprint density at radius 2 is 2.33 bits per heavy atom. The maximum atomic E-state index is 13.0. The average molecular weight is 232 g/mol. The van der Waals surface area contributed by atoms with E-state index in [4.69, 9.17) is 4.74 Å². The zero-order valence-electron chi connectivity index (χ0n) is 6.26. The summed E-state index contributed by atoms with van der Waals surface area (Å²) in [4.78, 5) is 3.81. The van der Waals surface area contributed by atoms with Gasteiger partial charge < -0.3 is 4.74 Å². The van der Waals surface area contributed by atoms with Crippen molar-refractivity contribution in [1.82, 2.24) is 4.98 Å². The highest BCUT2D eigenvalue weighted by Gasteiger charge is 2.25. The molecule has 1 aromatic rings. The van der Waals surface area contributed by atoms with E-state index in [1.54, 1.807) is 0 Å². The molecular formula is C8H7BrFNO. The van der Waals surface area contributed by atoms with Crippen LogP contribution in [0.3, 0.4) is 0 Å². The highest BCUT2D eigenvalue weighted by molar-refractivity contribution is 9.10. The summed E-state index contributed by atoms with van der Waals surface area (Å²) in [5.74, 6) is -0.294. The molecule has 4 heteroatoms. The van der Waals surface area contributed by atoms with Crippen molar-refractivity contribution in [3.05, 3.63) is 22.6 Å². The highest BCUT2D eigenvalue weighted by Crippen LogP contribution is 2.27. The van der Waals surface area contributed by atoms with Crippen LogP contribution in [0.25, 0.3) is 0 Å². The molecule has 1 saturated carbocycles. The highest BCUT2D eigenvalue weighted by atomic mass is 79.9. The molecule has 2 rings (SSSR count). The maximum absolute atomic E-state index is 13.0. The molecule has 0 aromatic carbocycles. The van der Waals surface area contributed by atoms with Gasteiger partial charge in [0.2, 0.25) is 0 Å². The number of hydrogen-bond acceptors (Lipinski definition) is 2. The van der Waals surface area contributed by atoms with Gasteiger partial charge in [-0.15, -0.1) is 0 Å². The smallest absolute Gasteiger partial charge is 0.250 e. The molecule has 0 bridgehead atoms. The third-order valence-electron chi connectivity index (χ3n) is 1.58. The number of nitrogens with zero attached hydrogens (tertiary/aromatic N) is 1. The lowest BCUT2D eigenvalue weighted by molar-refractivity contribution is 0.274. The van der Waals surface area contributed by atoms with Crippen LogP contribution in [0.15, 0.2) is 16.7 Å². The molecule has 1 aliphatic carbocycles. The molecule has 1 aromatic heterocycles. The Labute approximate surface area is 77.9 Å². The first-order chi connectivity index (χ1) is 5.75. The molecule has 1 fully saturated rings. The zero-order chi connectivity index (χ0) is 8.55. The Morgan fingerprint density at radius 1 is 1.58 bits per heavy atom. The summed E-state index contributed by atoms with van der Waals surface area (Å²) < 4.78 is 18.9. The Hall–Kier alpha value is -0.640. The van der Waals surface area contributed by atoms with Crippen LogP contribution in [0.4, 0.5) is 4.39 Å². The minimum absolute atomic E-state index is 0.112. The summed E-state index contributed by atoms with van der Waals surface area (Å²) in [6, 6.07) is 1.35. The topological polar surface area (TPSA) is 22.1 Å². The fraction of sp³-hybridized carbons (Fsp3) is 0.375. The molecule has 0 N–H and O–H groups in total. The Kier molecular flexibility index (Phi) is 2.00. The van der Waals surface area contributed by atoms with Crippen molar-refractivity contribution in [1.29, 1.82) is 0 Å². The second-order valence-electron chi connectivity index (χ2n) is 2.76. The van der Waals surface area contributed by atoms with Crippen LogP contribution < -0.4 is 4.74 Å². The van der Waals surface area contributed by atoms with Gasteiger partial charge >= 0.3 is 0 Å². The standard InChI is InChI=1S/C8H7BrFNO/c9-5-3-7(10)8(11-4-5)12-6-1-2-6/h3-4,6H,1-2H2. The fourth-order valence-corrected chi connectivity index (χ4v) is 1.14. The fourth-order valence-electron chi connectivity index (χ4n) is 0.833. The van der Waals surface area contributed by atoms with Gasteiger partial charge in [0.05, 0.1) is 0 Å². The van der Waals surface area contributed by atoms with E-state index in [1.165, 1.54) is 12.3 Å². The van der Waals surface area contributed by atoms with Gasteiger partial charge in [-0.1, -0.05) is 0 Å². The van der Waals surface area contributed by atoms with Crippen LogP contribution in [0, 0.1) is 5.82 Å². The molecule has 12 heavy (non-hydrogen) atoms. The van der Waals surface area contributed by atoms with E-state index in [0.717, 1.165) is 12.8 Å². The number of halogens is 2. The first kappa shape index (κ1) is 7.98. The average Bonchev–Trinajstić information content (AvgIpc) is 2.79. The summed E-state index contributed by atoms with van der Waals surface area (Å²) in [5.41, 5.74) is 0. The predicted octanol–water partition coefficient (Wildman–Crippen LogP) is 2.52. The van der Waals surface area contributed by atoms with Crippen LogP contribution in [0.2, 0.25) is 0 Å². The third-order valence-corrected chi connectivity index (χ3v) is 2.01. The molecule has 64 valence electrons. The van der Waals surface area contributed by atoms with Crippen molar-refractivity contribution in [3.63, 3.8) is 0 Å². The van der Waals surface area contributed by atoms with Crippen molar-refractivity contribution < 1.29 is 9.13 Å². The van der Waals surface area contributed by atoms with Gasteiger partial charge in [-0.25, -0.2) is 9.37 Å². The van der Waals surface area contributed by atoms with Gasteiger partial charge in [-0.3, -0.25) is 0 Å². The quantitative estimate of drug-likeness (QED) is 0.781. The number of pyridine rings is 1. The number of rotatable bonds is 2. The normalized spacial score (nSPS) is 16.2. The number of hydrogen-bond donors (Lipinski definition) is 0. The molecule has 1 heterocycles. The van der Waals surface area contributed by atoms with Crippen LogP contribution in [-0.2, 0) is 0 Å². The molecule has 0 saturated heterocycles. The molecule has 0 aliphatic heterocycles. The molecule has 0 amide bonds. The lowest BCUT2D eigenvalue weighted by Gasteiger charge is -2.03. The van der Waals surface area contributed by atoms with E-state index in [0.29, 0.717) is 4.47 Å². The SMILES string of the molecule is Fc1cc(Br)cnc1OC1CC1. The number of ether oxygens (including phenoxy) is 1. The summed E-state index contributed by atoms with van der Waals surface area (Å²) in [6.07, 6.45) is 3.74. The van der Waals surface area contributed by atoms with Gasteiger partial charge in [-0.2, -0.15) is 0 Å². The maximum Gasteiger partial charge on any atom is 0.250 e. The van der Waals surface area contributed by atoms with E-state index in [9.17, 15) is 4.39 Å². The van der Waals surface area contributed by atoms with E-state index in [-0.39, 0.29) is 12.0 Å². The molecule has 0 unspecified atom stereocenters. The van der Waals surface area contributed by atoms with E-state index in [2.05, 4.69) is 20.9 Å². The Bertz CT molecular complexity index is 301. The predicted molar refractivity (Wildman–Crippen MR) is 45.5 cm³/mol. The minimum atomic E-state index is -0.406. The van der Waals surface area contributed by atoms with Crippen molar-refractivity contribution in [2.24, 2.45) is 0 Å². The number of aromatic nitrogens is 1. The zero-order valence-corrected chi connectivity index (χ0v) is 7.84.